The van der Waals surface area contributed by atoms with Gasteiger partial charge in [0.1, 0.15) is 0 Å². The van der Waals surface area contributed by atoms with Gasteiger partial charge in [-0.3, -0.25) is 0 Å². The number of hydrogen-bond donors (Lipinski definition) is 1. The molecule has 2 unspecified atom stereocenters. The van der Waals surface area contributed by atoms with Crippen molar-refractivity contribution in [2.45, 2.75) is 45.4 Å². The number of ether oxygens (including phenoxy) is 1. The quantitative estimate of drug-likeness (QED) is 0.827. The Kier molecular flexibility index (Phi) is 3.89. The van der Waals surface area contributed by atoms with Crippen LogP contribution >= 0.6 is 0 Å². The van der Waals surface area contributed by atoms with Gasteiger partial charge in [-0.1, -0.05) is 30.3 Å². The van der Waals surface area contributed by atoms with Crippen molar-refractivity contribution in [2.75, 3.05) is 0 Å². The molecule has 2 atom stereocenters. The highest BCUT2D eigenvalue weighted by molar-refractivity contribution is 5.19. The maximum atomic E-state index is 5.96. The van der Waals surface area contributed by atoms with E-state index in [1.807, 2.05) is 45.9 Å². The lowest BCUT2D eigenvalue weighted by Crippen LogP contribution is -2.33. The molecule has 0 radical (unpaired) electrons. The molecule has 1 aromatic rings. The second-order valence-corrected chi connectivity index (χ2v) is 4.92. The molecule has 0 spiro atoms. The van der Waals surface area contributed by atoms with Gasteiger partial charge in [0.2, 0.25) is 0 Å². The normalized spacial score (nSPS) is 16.1. The first-order chi connectivity index (χ1) is 6.90. The Bertz CT molecular complexity index is 287. The van der Waals surface area contributed by atoms with Crippen LogP contribution in [-0.4, -0.2) is 11.6 Å². The summed E-state index contributed by atoms with van der Waals surface area (Å²) in [5, 5.41) is 0. The van der Waals surface area contributed by atoms with Crippen LogP contribution < -0.4 is 5.73 Å². The minimum Gasteiger partial charge on any atom is -0.366 e. The van der Waals surface area contributed by atoms with Crippen LogP contribution in [0.2, 0.25) is 0 Å². The van der Waals surface area contributed by atoms with Gasteiger partial charge in [-0.15, -0.1) is 0 Å². The Hall–Kier alpha value is -0.860. The first kappa shape index (κ1) is 12.2. The monoisotopic (exact) mass is 207 g/mol. The third-order valence-corrected chi connectivity index (χ3v) is 2.09. The standard InChI is InChI=1S/C13H21NO/c1-10(14)12(15-13(2,3)4)11-8-6-5-7-9-11/h5-10,12H,14H2,1-4H3. The van der Waals surface area contributed by atoms with Crippen LogP contribution in [-0.2, 0) is 4.74 Å². The minimum atomic E-state index is -0.172. The van der Waals surface area contributed by atoms with Crippen LogP contribution in [0.3, 0.4) is 0 Å². The molecule has 84 valence electrons. The van der Waals surface area contributed by atoms with Crippen molar-refractivity contribution in [2.24, 2.45) is 5.73 Å². The predicted molar refractivity (Wildman–Crippen MR) is 63.7 cm³/mol. The van der Waals surface area contributed by atoms with E-state index < -0.39 is 0 Å². The maximum Gasteiger partial charge on any atom is 0.0980 e. The molecule has 2 nitrogen and oxygen atoms in total. The molecular weight excluding hydrogens is 186 g/mol. The second kappa shape index (κ2) is 4.77. The van der Waals surface area contributed by atoms with Gasteiger partial charge < -0.3 is 10.5 Å². The SMILES string of the molecule is CC(N)C(OC(C)(C)C)c1ccccc1. The lowest BCUT2D eigenvalue weighted by atomic mass is 10.0. The Morgan fingerprint density at radius 2 is 1.67 bits per heavy atom. The minimum absolute atomic E-state index is 0.00775. The molecule has 0 fully saturated rings. The Labute approximate surface area is 92.4 Å². The van der Waals surface area contributed by atoms with E-state index in [9.17, 15) is 0 Å². The molecule has 1 aromatic carbocycles. The van der Waals surface area contributed by atoms with Crippen molar-refractivity contribution in [3.8, 4) is 0 Å². The van der Waals surface area contributed by atoms with Crippen LogP contribution in [0.4, 0.5) is 0 Å². The molecule has 0 aliphatic heterocycles. The Morgan fingerprint density at radius 3 is 2.07 bits per heavy atom. The largest absolute Gasteiger partial charge is 0.366 e. The molecule has 15 heavy (non-hydrogen) atoms. The summed E-state index contributed by atoms with van der Waals surface area (Å²) in [6.07, 6.45) is -0.0359. The zero-order chi connectivity index (χ0) is 11.5. The first-order valence-electron chi connectivity index (χ1n) is 5.38. The van der Waals surface area contributed by atoms with Gasteiger partial charge in [0.15, 0.2) is 0 Å². The lowest BCUT2D eigenvalue weighted by molar-refractivity contribution is -0.0701. The van der Waals surface area contributed by atoms with Gasteiger partial charge in [0.25, 0.3) is 0 Å². The molecule has 2 heteroatoms. The second-order valence-electron chi connectivity index (χ2n) is 4.92. The molecule has 0 heterocycles. The van der Waals surface area contributed by atoms with Gasteiger partial charge in [-0.25, -0.2) is 0 Å². The van der Waals surface area contributed by atoms with Crippen molar-refractivity contribution in [3.05, 3.63) is 35.9 Å². The van der Waals surface area contributed by atoms with E-state index in [1.54, 1.807) is 0 Å². The highest BCUT2D eigenvalue weighted by Gasteiger charge is 2.23. The van der Waals surface area contributed by atoms with Crippen LogP contribution in [0.5, 0.6) is 0 Å². The van der Waals surface area contributed by atoms with Gasteiger partial charge in [0, 0.05) is 6.04 Å². The molecule has 2 N–H and O–H groups in total. The van der Waals surface area contributed by atoms with Gasteiger partial charge in [0.05, 0.1) is 11.7 Å². The molecule has 0 saturated heterocycles. The van der Waals surface area contributed by atoms with E-state index in [-0.39, 0.29) is 17.7 Å². The summed E-state index contributed by atoms with van der Waals surface area (Å²) < 4.78 is 5.96. The summed E-state index contributed by atoms with van der Waals surface area (Å²) in [7, 11) is 0. The third-order valence-electron chi connectivity index (χ3n) is 2.09. The number of rotatable bonds is 3. The smallest absolute Gasteiger partial charge is 0.0980 e. The molecule has 0 bridgehead atoms. The number of hydrogen-bond acceptors (Lipinski definition) is 2. The maximum absolute atomic E-state index is 5.96. The molecule has 0 amide bonds. The fourth-order valence-electron chi connectivity index (χ4n) is 1.50. The van der Waals surface area contributed by atoms with E-state index in [0.717, 1.165) is 5.56 Å². The van der Waals surface area contributed by atoms with Crippen LogP contribution in [0.1, 0.15) is 39.4 Å². The molecule has 0 aliphatic rings. The summed E-state index contributed by atoms with van der Waals surface area (Å²) in [5.74, 6) is 0. The molecule has 0 saturated carbocycles. The highest BCUT2D eigenvalue weighted by atomic mass is 16.5. The lowest BCUT2D eigenvalue weighted by Gasteiger charge is -2.30. The van der Waals surface area contributed by atoms with Crippen molar-refractivity contribution >= 4 is 0 Å². The van der Waals surface area contributed by atoms with Crippen molar-refractivity contribution in [3.63, 3.8) is 0 Å². The van der Waals surface area contributed by atoms with Crippen molar-refractivity contribution in [1.82, 2.24) is 0 Å². The van der Waals surface area contributed by atoms with Crippen molar-refractivity contribution < 1.29 is 4.74 Å². The molecule has 0 aliphatic carbocycles. The van der Waals surface area contributed by atoms with E-state index in [1.165, 1.54) is 0 Å². The fraction of sp³-hybridized carbons (Fsp3) is 0.538. The van der Waals surface area contributed by atoms with Crippen LogP contribution in [0.25, 0.3) is 0 Å². The van der Waals surface area contributed by atoms with Crippen LogP contribution in [0.15, 0.2) is 30.3 Å². The molecular formula is C13H21NO. The van der Waals surface area contributed by atoms with Crippen molar-refractivity contribution in [1.29, 1.82) is 0 Å². The Morgan fingerprint density at radius 1 is 1.13 bits per heavy atom. The van der Waals surface area contributed by atoms with E-state index >= 15 is 0 Å². The predicted octanol–water partition coefficient (Wildman–Crippen LogP) is 2.89. The summed E-state index contributed by atoms with van der Waals surface area (Å²) in [6.45, 7) is 8.12. The number of nitrogens with two attached hydrogens (primary N) is 1. The van der Waals surface area contributed by atoms with Gasteiger partial charge in [-0.05, 0) is 33.3 Å². The first-order valence-corrected chi connectivity index (χ1v) is 5.38. The molecule has 1 rings (SSSR count). The average molecular weight is 207 g/mol. The van der Waals surface area contributed by atoms with Gasteiger partial charge in [-0.2, -0.15) is 0 Å². The zero-order valence-electron chi connectivity index (χ0n) is 10.0. The van der Waals surface area contributed by atoms with Crippen LogP contribution in [0, 0.1) is 0 Å². The average Bonchev–Trinajstić information content (AvgIpc) is 2.14. The summed E-state index contributed by atoms with van der Waals surface area (Å²) in [4.78, 5) is 0. The number of benzene rings is 1. The van der Waals surface area contributed by atoms with Gasteiger partial charge >= 0.3 is 0 Å². The molecule has 0 aromatic heterocycles. The van der Waals surface area contributed by atoms with E-state index in [0.29, 0.717) is 0 Å². The third kappa shape index (κ3) is 4.02. The summed E-state index contributed by atoms with van der Waals surface area (Å²) in [5.41, 5.74) is 6.92. The topological polar surface area (TPSA) is 35.2 Å². The fourth-order valence-corrected chi connectivity index (χ4v) is 1.50. The Balaban J connectivity index is 2.85. The summed E-state index contributed by atoms with van der Waals surface area (Å²) in [6, 6.07) is 10.1. The zero-order valence-corrected chi connectivity index (χ0v) is 10.0. The van der Waals surface area contributed by atoms with E-state index in [2.05, 4.69) is 12.1 Å². The van der Waals surface area contributed by atoms with E-state index in [4.69, 9.17) is 10.5 Å². The highest BCUT2D eigenvalue weighted by Crippen LogP contribution is 2.25. The summed E-state index contributed by atoms with van der Waals surface area (Å²) >= 11 is 0.